The summed E-state index contributed by atoms with van der Waals surface area (Å²) >= 11 is 0. The fourth-order valence-corrected chi connectivity index (χ4v) is 3.85. The number of amides is 2. The van der Waals surface area contributed by atoms with Gasteiger partial charge in [0.2, 0.25) is 5.82 Å². The molecule has 0 saturated carbocycles. The van der Waals surface area contributed by atoms with Crippen molar-refractivity contribution in [2.75, 3.05) is 4.90 Å². The minimum Gasteiger partial charge on any atom is -0.334 e. The Morgan fingerprint density at radius 3 is 2.28 bits per heavy atom. The van der Waals surface area contributed by atoms with E-state index >= 15 is 0 Å². The average Bonchev–Trinajstić information content (AvgIpc) is 3.30. The first-order valence-electron chi connectivity index (χ1n) is 10.1. The van der Waals surface area contributed by atoms with E-state index in [2.05, 4.69) is 15.5 Å². The Kier molecular flexibility index (Phi) is 4.99. The molecule has 1 N–H and O–H groups in total. The van der Waals surface area contributed by atoms with Crippen molar-refractivity contribution in [1.82, 2.24) is 15.5 Å². The molecule has 4 aromatic rings. The van der Waals surface area contributed by atoms with E-state index in [1.807, 2.05) is 67.6 Å². The number of para-hydroxylation sites is 1. The third-order valence-corrected chi connectivity index (χ3v) is 5.39. The summed E-state index contributed by atoms with van der Waals surface area (Å²) in [5, 5.41) is 7.17. The fourth-order valence-electron chi connectivity index (χ4n) is 3.85. The van der Waals surface area contributed by atoms with Crippen LogP contribution in [0.5, 0.6) is 0 Å². The molecule has 1 aromatic heterocycles. The minimum absolute atomic E-state index is 0.246. The predicted molar refractivity (Wildman–Crippen MR) is 119 cm³/mol. The van der Waals surface area contributed by atoms with Gasteiger partial charge >= 0.3 is 6.03 Å². The number of carbonyl (C=O) groups excluding carboxylic acids is 1. The molecule has 1 unspecified atom stereocenters. The number of nitrogens with zero attached hydrogens (tertiary/aromatic N) is 3. The van der Waals surface area contributed by atoms with Crippen LogP contribution >= 0.6 is 0 Å². The Morgan fingerprint density at radius 1 is 0.938 bits per heavy atom. The summed E-state index contributed by atoms with van der Waals surface area (Å²) in [6, 6.07) is 24.2. The van der Waals surface area contributed by atoms with Gasteiger partial charge in [-0.3, -0.25) is 4.90 Å². The smallest absolute Gasteiger partial charge is 0.326 e. The lowest BCUT2D eigenvalue weighted by molar-refractivity contribution is 0.244. The highest BCUT2D eigenvalue weighted by Crippen LogP contribution is 2.38. The number of nitrogens with one attached hydrogen (secondary N) is 1. The number of halogens is 1. The molecule has 5 rings (SSSR count). The molecule has 0 spiro atoms. The lowest BCUT2D eigenvalue weighted by Gasteiger charge is -2.35. The van der Waals surface area contributed by atoms with Gasteiger partial charge in [0.05, 0.1) is 17.3 Å². The maximum Gasteiger partial charge on any atom is 0.326 e. The van der Waals surface area contributed by atoms with Crippen molar-refractivity contribution < 1.29 is 13.7 Å². The second-order valence-corrected chi connectivity index (χ2v) is 7.39. The van der Waals surface area contributed by atoms with E-state index in [0.717, 1.165) is 11.3 Å². The number of anilines is 1. The molecule has 0 radical (unpaired) electrons. The Balaban J connectivity index is 1.65. The SMILES string of the molecule is CC1=C(c2nc(-c3ccc(F)cc3)no2)C(c2ccccc2)NC(=O)N1c1ccccc1. The van der Waals surface area contributed by atoms with Gasteiger partial charge in [-0.2, -0.15) is 4.98 Å². The molecule has 2 heterocycles. The van der Waals surface area contributed by atoms with Gasteiger partial charge in [-0.1, -0.05) is 53.7 Å². The van der Waals surface area contributed by atoms with Crippen molar-refractivity contribution in [2.24, 2.45) is 0 Å². The number of aromatic nitrogens is 2. The van der Waals surface area contributed by atoms with Gasteiger partial charge in [0.1, 0.15) is 5.82 Å². The normalized spacial score (nSPS) is 16.2. The number of hydrogen-bond acceptors (Lipinski definition) is 4. The van der Waals surface area contributed by atoms with Crippen molar-refractivity contribution in [3.05, 3.63) is 108 Å². The molecule has 1 aliphatic rings. The standard InChI is InChI=1S/C25H19FN4O2/c1-16-21(24-28-23(29-32-24)18-12-14-19(26)15-13-18)22(17-8-4-2-5-9-17)27-25(31)30(16)20-10-6-3-7-11-20/h2-15,22H,1H3,(H,27,31). The van der Waals surface area contributed by atoms with Gasteiger partial charge in [-0.25, -0.2) is 9.18 Å². The van der Waals surface area contributed by atoms with Crippen molar-refractivity contribution in [3.63, 3.8) is 0 Å². The molecule has 1 atom stereocenters. The summed E-state index contributed by atoms with van der Waals surface area (Å²) in [6.07, 6.45) is 0. The first-order chi connectivity index (χ1) is 15.6. The quantitative estimate of drug-likeness (QED) is 0.463. The summed E-state index contributed by atoms with van der Waals surface area (Å²) in [5.41, 5.74) is 3.63. The molecule has 0 fully saturated rings. The fraction of sp³-hybridized carbons (Fsp3) is 0.0800. The van der Waals surface area contributed by atoms with E-state index in [1.165, 1.54) is 12.1 Å². The van der Waals surface area contributed by atoms with Gasteiger partial charge < -0.3 is 9.84 Å². The van der Waals surface area contributed by atoms with Crippen molar-refractivity contribution in [2.45, 2.75) is 13.0 Å². The monoisotopic (exact) mass is 426 g/mol. The highest BCUT2D eigenvalue weighted by molar-refractivity contribution is 6.01. The Bertz CT molecular complexity index is 1280. The molecule has 1 aliphatic heterocycles. The lowest BCUT2D eigenvalue weighted by atomic mass is 9.94. The van der Waals surface area contributed by atoms with Crippen molar-refractivity contribution in [3.8, 4) is 11.4 Å². The maximum absolute atomic E-state index is 13.3. The van der Waals surface area contributed by atoms with Crippen LogP contribution < -0.4 is 10.2 Å². The zero-order chi connectivity index (χ0) is 22.1. The summed E-state index contributed by atoms with van der Waals surface area (Å²) in [5.74, 6) is 0.292. The summed E-state index contributed by atoms with van der Waals surface area (Å²) in [6.45, 7) is 1.86. The molecule has 0 aliphatic carbocycles. The molecular formula is C25H19FN4O2. The highest BCUT2D eigenvalue weighted by Gasteiger charge is 2.36. The van der Waals surface area contributed by atoms with E-state index in [0.29, 0.717) is 22.7 Å². The van der Waals surface area contributed by atoms with Crippen LogP contribution in [0.2, 0.25) is 0 Å². The number of carbonyl (C=O) groups is 1. The van der Waals surface area contributed by atoms with Gasteiger partial charge in [0, 0.05) is 11.3 Å². The number of hydrogen-bond donors (Lipinski definition) is 1. The van der Waals surface area contributed by atoms with Crippen LogP contribution in [-0.4, -0.2) is 16.2 Å². The van der Waals surface area contributed by atoms with Crippen LogP contribution in [0.3, 0.4) is 0 Å². The van der Waals surface area contributed by atoms with Gasteiger partial charge in [-0.15, -0.1) is 0 Å². The maximum atomic E-state index is 13.3. The first kappa shape index (κ1) is 19.7. The number of urea groups is 1. The predicted octanol–water partition coefficient (Wildman–Crippen LogP) is 5.58. The molecule has 3 aromatic carbocycles. The topological polar surface area (TPSA) is 71.3 Å². The molecule has 32 heavy (non-hydrogen) atoms. The third kappa shape index (κ3) is 3.54. The summed E-state index contributed by atoms with van der Waals surface area (Å²) in [4.78, 5) is 19.3. The Hall–Kier alpha value is -4.26. The molecule has 0 bridgehead atoms. The van der Waals surface area contributed by atoms with Crippen LogP contribution in [0, 0.1) is 5.82 Å². The van der Waals surface area contributed by atoms with Crippen LogP contribution in [0.25, 0.3) is 17.0 Å². The molecule has 158 valence electrons. The third-order valence-electron chi connectivity index (χ3n) is 5.39. The van der Waals surface area contributed by atoms with E-state index in [1.54, 1.807) is 17.0 Å². The molecule has 6 nitrogen and oxygen atoms in total. The number of benzene rings is 3. The zero-order valence-electron chi connectivity index (χ0n) is 17.2. The highest BCUT2D eigenvalue weighted by atomic mass is 19.1. The Labute approximate surface area is 184 Å². The lowest BCUT2D eigenvalue weighted by Crippen LogP contribution is -2.46. The minimum atomic E-state index is -0.467. The van der Waals surface area contributed by atoms with Crippen LogP contribution in [0.1, 0.15) is 24.4 Å². The zero-order valence-corrected chi connectivity index (χ0v) is 17.2. The van der Waals surface area contributed by atoms with Crippen LogP contribution in [0.4, 0.5) is 14.9 Å². The van der Waals surface area contributed by atoms with E-state index < -0.39 is 6.04 Å². The second-order valence-electron chi connectivity index (χ2n) is 7.39. The van der Waals surface area contributed by atoms with E-state index in [-0.39, 0.29) is 17.7 Å². The van der Waals surface area contributed by atoms with Gasteiger partial charge in [-0.05, 0) is 48.9 Å². The van der Waals surface area contributed by atoms with Crippen LogP contribution in [-0.2, 0) is 0 Å². The second kappa shape index (κ2) is 8.11. The van der Waals surface area contributed by atoms with Gasteiger partial charge in [0.15, 0.2) is 0 Å². The number of rotatable bonds is 4. The van der Waals surface area contributed by atoms with Crippen LogP contribution in [0.15, 0.2) is 95.1 Å². The largest absolute Gasteiger partial charge is 0.334 e. The Morgan fingerprint density at radius 2 is 1.59 bits per heavy atom. The number of allylic oxidation sites excluding steroid dienone is 1. The van der Waals surface area contributed by atoms with Crippen molar-refractivity contribution in [1.29, 1.82) is 0 Å². The molecule has 2 amide bonds. The summed E-state index contributed by atoms with van der Waals surface area (Å²) in [7, 11) is 0. The van der Waals surface area contributed by atoms with E-state index in [4.69, 9.17) is 4.52 Å². The van der Waals surface area contributed by atoms with Crippen molar-refractivity contribution >= 4 is 17.3 Å². The van der Waals surface area contributed by atoms with Gasteiger partial charge in [0.25, 0.3) is 5.89 Å². The van der Waals surface area contributed by atoms with E-state index in [9.17, 15) is 9.18 Å². The molecule has 0 saturated heterocycles. The first-order valence-corrected chi connectivity index (χ1v) is 10.1. The molecular weight excluding hydrogens is 407 g/mol. The molecule has 7 heteroatoms. The summed E-state index contributed by atoms with van der Waals surface area (Å²) < 4.78 is 19.0. The average molecular weight is 426 g/mol.